The van der Waals surface area contributed by atoms with Crippen molar-refractivity contribution in [1.29, 1.82) is 0 Å². The second-order valence-electron chi connectivity index (χ2n) is 3.05. The molecule has 0 spiro atoms. The Morgan fingerprint density at radius 2 is 1.80 bits per heavy atom. The second-order valence-corrected chi connectivity index (χ2v) is 6.46. The van der Waals surface area contributed by atoms with E-state index in [1.807, 2.05) is 0 Å². The summed E-state index contributed by atoms with van der Waals surface area (Å²) in [5.41, 5.74) is 0.511. The first-order chi connectivity index (χ1) is 6.96. The predicted octanol–water partition coefficient (Wildman–Crippen LogP) is 3.24. The van der Waals surface area contributed by atoms with Gasteiger partial charge in [0.15, 0.2) is 0 Å². The molecular formula is C10H11F3OSe. The Bertz CT molecular complexity index is 334. The summed E-state index contributed by atoms with van der Waals surface area (Å²) in [7, 11) is 0. The molecule has 0 bridgehead atoms. The number of alkyl halides is 3. The number of halogens is 3. The van der Waals surface area contributed by atoms with Crippen LogP contribution in [0.25, 0.3) is 0 Å². The maximum atomic E-state index is 12.3. The van der Waals surface area contributed by atoms with Crippen molar-refractivity contribution in [3.05, 3.63) is 35.9 Å². The summed E-state index contributed by atoms with van der Waals surface area (Å²) in [5.74, 6) is 0. The van der Waals surface area contributed by atoms with Crippen LogP contribution in [0.2, 0.25) is 0 Å². The van der Waals surface area contributed by atoms with Crippen LogP contribution in [0.5, 0.6) is 0 Å². The molecule has 0 N–H and O–H groups in total. The van der Waals surface area contributed by atoms with Gasteiger partial charge >= 0.3 is 90.0 Å². The first kappa shape index (κ1) is 12.4. The Morgan fingerprint density at radius 1 is 1.27 bits per heavy atom. The van der Waals surface area contributed by atoms with Crippen molar-refractivity contribution >= 4 is 13.8 Å². The van der Waals surface area contributed by atoms with Crippen LogP contribution < -0.4 is 0 Å². The molecule has 0 saturated heterocycles. The Balaban J connectivity index is 2.96. The summed E-state index contributed by atoms with van der Waals surface area (Å²) in [4.78, 5) is -0.869. The fraction of sp³-hybridized carbons (Fsp3) is 0.400. The molecule has 0 fully saturated rings. The molecule has 15 heavy (non-hydrogen) atoms. The van der Waals surface area contributed by atoms with Crippen LogP contribution in [0, 0.1) is 0 Å². The molecule has 2 atom stereocenters. The molecule has 1 aromatic carbocycles. The molecule has 5 heteroatoms. The predicted molar refractivity (Wildman–Crippen MR) is 52.0 cm³/mol. The van der Waals surface area contributed by atoms with Gasteiger partial charge in [0.05, 0.1) is 0 Å². The van der Waals surface area contributed by atoms with E-state index < -0.39 is 23.7 Å². The van der Waals surface area contributed by atoms with E-state index >= 15 is 0 Å². The summed E-state index contributed by atoms with van der Waals surface area (Å²) < 4.78 is 48.2. The Kier molecular flexibility index (Phi) is 4.05. The molecule has 0 radical (unpaired) electrons. The van der Waals surface area contributed by atoms with Gasteiger partial charge in [0.2, 0.25) is 0 Å². The Morgan fingerprint density at radius 3 is 2.20 bits per heavy atom. The molecule has 0 aromatic heterocycles. The maximum absolute atomic E-state index is 12.3. The Hall–Kier alpha value is -0.671. The van der Waals surface area contributed by atoms with E-state index in [-0.39, 0.29) is 6.42 Å². The van der Waals surface area contributed by atoms with Gasteiger partial charge in [-0.3, -0.25) is 0 Å². The van der Waals surface area contributed by atoms with E-state index in [0.717, 1.165) is 0 Å². The van der Waals surface area contributed by atoms with Gasteiger partial charge in [0, 0.05) is 0 Å². The molecule has 2 unspecified atom stereocenters. The van der Waals surface area contributed by atoms with E-state index in [9.17, 15) is 17.0 Å². The molecule has 1 nitrogen and oxygen atoms in total. The molecule has 0 heterocycles. The van der Waals surface area contributed by atoms with E-state index in [0.29, 0.717) is 5.56 Å². The van der Waals surface area contributed by atoms with E-state index in [4.69, 9.17) is 0 Å². The minimum atomic E-state index is -4.55. The molecule has 0 aliphatic rings. The number of rotatable bonds is 3. The third-order valence-electron chi connectivity index (χ3n) is 2.03. The normalized spacial score (nSPS) is 16.0. The van der Waals surface area contributed by atoms with Gasteiger partial charge in [-0.1, -0.05) is 0 Å². The van der Waals surface area contributed by atoms with Crippen LogP contribution in [0.4, 0.5) is 13.2 Å². The molecular weight excluding hydrogens is 272 g/mol. The van der Waals surface area contributed by atoms with Crippen LogP contribution >= 0.6 is 0 Å². The second kappa shape index (κ2) is 4.90. The number of hydrogen-bond acceptors (Lipinski definition) is 1. The molecule has 0 aliphatic carbocycles. The average Bonchev–Trinajstić information content (AvgIpc) is 2.19. The van der Waals surface area contributed by atoms with Crippen LogP contribution in [0.15, 0.2) is 30.3 Å². The van der Waals surface area contributed by atoms with Crippen molar-refractivity contribution < 1.29 is 17.0 Å². The summed E-state index contributed by atoms with van der Waals surface area (Å²) in [6.07, 6.45) is 0.248. The van der Waals surface area contributed by atoms with Crippen molar-refractivity contribution in [3.63, 3.8) is 0 Å². The van der Waals surface area contributed by atoms with Gasteiger partial charge in [0.1, 0.15) is 0 Å². The van der Waals surface area contributed by atoms with Gasteiger partial charge in [-0.2, -0.15) is 0 Å². The average molecular weight is 283 g/mol. The van der Waals surface area contributed by atoms with Crippen molar-refractivity contribution in [2.75, 3.05) is 0 Å². The zero-order valence-electron chi connectivity index (χ0n) is 8.12. The van der Waals surface area contributed by atoms with Crippen LogP contribution in [0.1, 0.15) is 23.7 Å². The van der Waals surface area contributed by atoms with Crippen LogP contribution in [-0.2, 0) is 3.83 Å². The molecule has 0 aliphatic heterocycles. The molecule has 84 valence electrons. The van der Waals surface area contributed by atoms with Crippen molar-refractivity contribution in [2.45, 2.75) is 23.2 Å². The fourth-order valence-corrected chi connectivity index (χ4v) is 3.50. The van der Waals surface area contributed by atoms with Gasteiger partial charge in [-0.05, 0) is 0 Å². The van der Waals surface area contributed by atoms with Gasteiger partial charge in [0.25, 0.3) is 0 Å². The van der Waals surface area contributed by atoms with Crippen LogP contribution in [-0.4, -0.2) is 18.9 Å². The van der Waals surface area contributed by atoms with Gasteiger partial charge < -0.3 is 0 Å². The van der Waals surface area contributed by atoms with Crippen molar-refractivity contribution in [1.82, 2.24) is 0 Å². The van der Waals surface area contributed by atoms with Crippen LogP contribution in [0.3, 0.4) is 0 Å². The Labute approximate surface area is 90.4 Å². The third kappa shape index (κ3) is 3.14. The molecule has 0 amide bonds. The van der Waals surface area contributed by atoms with Crippen molar-refractivity contribution in [2.24, 2.45) is 0 Å². The molecule has 1 aromatic rings. The van der Waals surface area contributed by atoms with Gasteiger partial charge in [-0.15, -0.1) is 0 Å². The standard InChI is InChI=1S/C10H11F3OSe/c1-2-9(15(14)10(11,12)13)8-6-4-3-5-7-8/h3-7,9H,2H2,1H3. The van der Waals surface area contributed by atoms with E-state index in [1.165, 1.54) is 0 Å². The summed E-state index contributed by atoms with van der Waals surface area (Å²) in [6, 6.07) is 8.23. The number of benzene rings is 1. The third-order valence-corrected chi connectivity index (χ3v) is 5.34. The zero-order valence-corrected chi connectivity index (χ0v) is 9.83. The first-order valence-electron chi connectivity index (χ1n) is 4.49. The quantitative estimate of drug-likeness (QED) is 0.778. The monoisotopic (exact) mass is 284 g/mol. The SMILES string of the molecule is CCC(c1ccccc1)[Se](=O)C(F)(F)F. The molecule has 1 rings (SSSR count). The van der Waals surface area contributed by atoms with E-state index in [2.05, 4.69) is 0 Å². The summed E-state index contributed by atoms with van der Waals surface area (Å²) in [5, 5.41) is -4.55. The fourth-order valence-electron chi connectivity index (χ4n) is 1.34. The number of hydrogen-bond donors (Lipinski definition) is 0. The minimum absolute atomic E-state index is 0.248. The summed E-state index contributed by atoms with van der Waals surface area (Å²) in [6.45, 7) is 1.62. The van der Waals surface area contributed by atoms with E-state index in [1.54, 1.807) is 37.3 Å². The van der Waals surface area contributed by atoms with Gasteiger partial charge in [-0.25, -0.2) is 0 Å². The summed E-state index contributed by atoms with van der Waals surface area (Å²) >= 11 is -3.84. The first-order valence-corrected chi connectivity index (χ1v) is 7.03. The topological polar surface area (TPSA) is 17.1 Å². The molecule has 0 saturated carbocycles. The van der Waals surface area contributed by atoms with Crippen molar-refractivity contribution in [3.8, 4) is 0 Å². The zero-order chi connectivity index (χ0) is 11.5.